The minimum Gasteiger partial charge on any atom is -0.310 e. The first-order valence-electron chi connectivity index (χ1n) is 4.45. The Morgan fingerprint density at radius 3 is 3.00 bits per heavy atom. The second-order valence-electron chi connectivity index (χ2n) is 2.83. The summed E-state index contributed by atoms with van der Waals surface area (Å²) in [6, 6.07) is 2.64. The Kier molecular flexibility index (Phi) is 4.43. The van der Waals surface area contributed by atoms with Crippen molar-refractivity contribution in [3.8, 4) is 0 Å². The fraction of sp³-hybridized carbons (Fsp3) is 0.200. The van der Waals surface area contributed by atoms with E-state index in [1.54, 1.807) is 6.08 Å². The molecule has 5 heteroatoms. The van der Waals surface area contributed by atoms with Crippen LogP contribution < -0.4 is 10.6 Å². The second kappa shape index (κ2) is 5.87. The fourth-order valence-electron chi connectivity index (χ4n) is 0.925. The lowest BCUT2D eigenvalue weighted by molar-refractivity contribution is -0.115. The first-order chi connectivity index (χ1) is 7.22. The topological polar surface area (TPSA) is 54.0 Å². The zero-order chi connectivity index (χ0) is 11.1. The molecule has 0 radical (unpaired) electrons. The van der Waals surface area contributed by atoms with Crippen molar-refractivity contribution in [2.75, 3.05) is 18.4 Å². The van der Waals surface area contributed by atoms with E-state index in [0.29, 0.717) is 12.4 Å². The maximum atomic E-state index is 12.5. The van der Waals surface area contributed by atoms with Gasteiger partial charge in [-0.05, 0) is 12.1 Å². The summed E-state index contributed by atoms with van der Waals surface area (Å²) in [5, 5.41) is 5.35. The zero-order valence-corrected chi connectivity index (χ0v) is 8.16. The van der Waals surface area contributed by atoms with Gasteiger partial charge in [0.15, 0.2) is 0 Å². The van der Waals surface area contributed by atoms with Crippen molar-refractivity contribution >= 4 is 11.7 Å². The number of hydrogen-bond acceptors (Lipinski definition) is 3. The molecule has 0 aromatic carbocycles. The van der Waals surface area contributed by atoms with E-state index < -0.39 is 5.82 Å². The van der Waals surface area contributed by atoms with Crippen LogP contribution in [-0.4, -0.2) is 24.0 Å². The minimum absolute atomic E-state index is 0.172. The van der Waals surface area contributed by atoms with Gasteiger partial charge in [0, 0.05) is 6.54 Å². The van der Waals surface area contributed by atoms with Gasteiger partial charge in [0.2, 0.25) is 5.91 Å². The van der Waals surface area contributed by atoms with Crippen LogP contribution >= 0.6 is 0 Å². The molecule has 2 N–H and O–H groups in total. The summed E-state index contributed by atoms with van der Waals surface area (Å²) in [7, 11) is 0. The average Bonchev–Trinajstić information content (AvgIpc) is 2.22. The lowest BCUT2D eigenvalue weighted by Gasteiger charge is -2.03. The van der Waals surface area contributed by atoms with Gasteiger partial charge in [-0.15, -0.1) is 6.58 Å². The number of hydrogen-bond donors (Lipinski definition) is 2. The Morgan fingerprint density at radius 2 is 2.40 bits per heavy atom. The highest BCUT2D eigenvalue weighted by Gasteiger charge is 2.01. The van der Waals surface area contributed by atoms with Crippen LogP contribution in [0.1, 0.15) is 0 Å². The summed E-state index contributed by atoms with van der Waals surface area (Å²) in [6.07, 6.45) is 2.70. The Hall–Kier alpha value is -1.75. The normalized spacial score (nSPS) is 9.67. The number of halogens is 1. The second-order valence-corrected chi connectivity index (χ2v) is 2.83. The van der Waals surface area contributed by atoms with E-state index in [2.05, 4.69) is 22.2 Å². The van der Waals surface area contributed by atoms with Gasteiger partial charge < -0.3 is 10.6 Å². The summed E-state index contributed by atoms with van der Waals surface area (Å²) in [5.41, 5.74) is 0. The lowest BCUT2D eigenvalue weighted by Crippen LogP contribution is -2.28. The van der Waals surface area contributed by atoms with Crippen molar-refractivity contribution in [3.05, 3.63) is 36.8 Å². The summed E-state index contributed by atoms with van der Waals surface area (Å²) < 4.78 is 12.5. The number of nitrogens with one attached hydrogen (secondary N) is 2. The van der Waals surface area contributed by atoms with E-state index in [4.69, 9.17) is 0 Å². The Balaban J connectivity index is 2.37. The Labute approximate surface area is 87.2 Å². The molecular formula is C10H12FN3O. The monoisotopic (exact) mass is 209 g/mol. The number of anilines is 1. The quantitative estimate of drug-likeness (QED) is 0.560. The molecule has 1 rings (SSSR count). The number of rotatable bonds is 5. The summed E-state index contributed by atoms with van der Waals surface area (Å²) >= 11 is 0. The number of carbonyl (C=O) groups is 1. The predicted molar refractivity (Wildman–Crippen MR) is 55.9 cm³/mol. The van der Waals surface area contributed by atoms with E-state index in [1.165, 1.54) is 12.1 Å². The molecule has 0 fully saturated rings. The molecule has 0 atom stereocenters. The van der Waals surface area contributed by atoms with Crippen LogP contribution in [0, 0.1) is 5.82 Å². The van der Waals surface area contributed by atoms with Crippen molar-refractivity contribution in [3.63, 3.8) is 0 Å². The number of pyridine rings is 1. The fourth-order valence-corrected chi connectivity index (χ4v) is 0.925. The molecular weight excluding hydrogens is 197 g/mol. The van der Waals surface area contributed by atoms with Crippen LogP contribution in [0.2, 0.25) is 0 Å². The number of amides is 1. The van der Waals surface area contributed by atoms with Gasteiger partial charge in [-0.25, -0.2) is 9.37 Å². The molecule has 80 valence electrons. The zero-order valence-electron chi connectivity index (χ0n) is 8.16. The van der Waals surface area contributed by atoms with Crippen molar-refractivity contribution in [2.45, 2.75) is 0 Å². The van der Waals surface area contributed by atoms with Crippen molar-refractivity contribution in [1.29, 1.82) is 0 Å². The molecule has 4 nitrogen and oxygen atoms in total. The van der Waals surface area contributed by atoms with Crippen LogP contribution in [0.25, 0.3) is 0 Å². The highest BCUT2D eigenvalue weighted by molar-refractivity contribution is 5.91. The van der Waals surface area contributed by atoms with Crippen molar-refractivity contribution in [1.82, 2.24) is 10.3 Å². The van der Waals surface area contributed by atoms with Gasteiger partial charge in [-0.2, -0.15) is 0 Å². The summed E-state index contributed by atoms with van der Waals surface area (Å²) in [6.45, 7) is 4.23. The van der Waals surface area contributed by atoms with Gasteiger partial charge in [0.05, 0.1) is 12.7 Å². The summed E-state index contributed by atoms with van der Waals surface area (Å²) in [5.74, 6) is -0.324. The van der Waals surface area contributed by atoms with E-state index in [-0.39, 0.29) is 12.5 Å². The van der Waals surface area contributed by atoms with Gasteiger partial charge in [0.1, 0.15) is 11.6 Å². The number of carbonyl (C=O) groups excluding carboxylic acids is 1. The highest BCUT2D eigenvalue weighted by Crippen LogP contribution is 2.02. The molecule has 0 unspecified atom stereocenters. The average molecular weight is 209 g/mol. The van der Waals surface area contributed by atoms with Gasteiger partial charge in [-0.1, -0.05) is 6.08 Å². The van der Waals surface area contributed by atoms with E-state index in [9.17, 15) is 9.18 Å². The summed E-state index contributed by atoms with van der Waals surface area (Å²) in [4.78, 5) is 14.9. The van der Waals surface area contributed by atoms with Crippen LogP contribution in [-0.2, 0) is 4.79 Å². The molecule has 0 aliphatic heterocycles. The van der Waals surface area contributed by atoms with Crippen molar-refractivity contribution in [2.24, 2.45) is 0 Å². The van der Waals surface area contributed by atoms with E-state index in [0.717, 1.165) is 6.20 Å². The number of nitrogens with zero attached hydrogens (tertiary/aromatic N) is 1. The van der Waals surface area contributed by atoms with Crippen molar-refractivity contribution < 1.29 is 9.18 Å². The largest absolute Gasteiger partial charge is 0.310 e. The Morgan fingerprint density at radius 1 is 1.60 bits per heavy atom. The Bertz CT molecular complexity index is 337. The molecule has 0 aliphatic carbocycles. The molecule has 0 saturated carbocycles. The van der Waals surface area contributed by atoms with E-state index in [1.807, 2.05) is 0 Å². The van der Waals surface area contributed by atoms with Gasteiger partial charge in [0.25, 0.3) is 0 Å². The highest BCUT2D eigenvalue weighted by atomic mass is 19.1. The lowest BCUT2D eigenvalue weighted by atomic mass is 10.4. The molecule has 0 bridgehead atoms. The maximum Gasteiger partial charge on any atom is 0.239 e. The molecule has 0 aliphatic rings. The molecule has 0 saturated heterocycles. The molecule has 0 spiro atoms. The number of aromatic nitrogens is 1. The SMILES string of the molecule is C=CCNCC(=O)Nc1ccc(F)cn1. The predicted octanol–water partition coefficient (Wildman–Crippen LogP) is 0.935. The van der Waals surface area contributed by atoms with Crippen LogP contribution in [0.5, 0.6) is 0 Å². The standard InChI is InChI=1S/C10H12FN3O/c1-2-5-12-7-10(15)14-9-4-3-8(11)6-13-9/h2-4,6,12H,1,5,7H2,(H,13,14,15). The first kappa shape index (κ1) is 11.3. The van der Waals surface area contributed by atoms with E-state index >= 15 is 0 Å². The third kappa shape index (κ3) is 4.33. The van der Waals surface area contributed by atoms with Gasteiger partial charge in [-0.3, -0.25) is 4.79 Å². The minimum atomic E-state index is -0.433. The third-order valence-electron chi connectivity index (χ3n) is 1.57. The van der Waals surface area contributed by atoms with Crippen LogP contribution in [0.4, 0.5) is 10.2 Å². The third-order valence-corrected chi connectivity index (χ3v) is 1.57. The van der Waals surface area contributed by atoms with Crippen LogP contribution in [0.3, 0.4) is 0 Å². The smallest absolute Gasteiger partial charge is 0.239 e. The maximum absolute atomic E-state index is 12.5. The molecule has 15 heavy (non-hydrogen) atoms. The molecule has 1 aromatic heterocycles. The molecule has 1 heterocycles. The molecule has 1 aromatic rings. The van der Waals surface area contributed by atoms with Crippen LogP contribution in [0.15, 0.2) is 31.0 Å². The molecule has 1 amide bonds. The first-order valence-corrected chi connectivity index (χ1v) is 4.45. The van der Waals surface area contributed by atoms with Gasteiger partial charge >= 0.3 is 0 Å².